The highest BCUT2D eigenvalue weighted by atomic mass is 79.9. The predicted octanol–water partition coefficient (Wildman–Crippen LogP) is 4.81. The number of nitrogens with zero attached hydrogens (tertiary/aromatic N) is 2. The van der Waals surface area contributed by atoms with E-state index in [-0.39, 0.29) is 17.7 Å². The van der Waals surface area contributed by atoms with Gasteiger partial charge in [0.1, 0.15) is 0 Å². The molecule has 28 heavy (non-hydrogen) atoms. The van der Waals surface area contributed by atoms with Gasteiger partial charge >= 0.3 is 0 Å². The van der Waals surface area contributed by atoms with Crippen LogP contribution in [-0.2, 0) is 4.79 Å². The summed E-state index contributed by atoms with van der Waals surface area (Å²) in [4.78, 5) is 28.1. The SMILES string of the molecule is CC(=O)N[C@@H](C)c1ccc(C(=O)CSc2nccn2-c2ccc(Br)cc2)cc1. The number of nitrogens with one attached hydrogen (secondary N) is 1. The molecule has 0 saturated heterocycles. The number of ketones is 1. The number of benzene rings is 2. The number of thioether (sulfide) groups is 1. The molecule has 0 aliphatic rings. The van der Waals surface area contributed by atoms with Crippen molar-refractivity contribution >= 4 is 39.4 Å². The first kappa shape index (κ1) is 20.4. The molecule has 3 aromatic rings. The fourth-order valence-electron chi connectivity index (χ4n) is 2.75. The Labute approximate surface area is 176 Å². The molecule has 1 amide bonds. The van der Waals surface area contributed by atoms with Gasteiger partial charge in [0, 0.05) is 35.0 Å². The van der Waals surface area contributed by atoms with Crippen molar-refractivity contribution in [2.75, 3.05) is 5.75 Å². The lowest BCUT2D eigenvalue weighted by Gasteiger charge is -2.13. The minimum Gasteiger partial charge on any atom is -0.350 e. The predicted molar refractivity (Wildman–Crippen MR) is 115 cm³/mol. The van der Waals surface area contributed by atoms with Gasteiger partial charge in [-0.1, -0.05) is 52.0 Å². The van der Waals surface area contributed by atoms with E-state index < -0.39 is 0 Å². The van der Waals surface area contributed by atoms with E-state index in [1.807, 2.05) is 54.1 Å². The molecule has 0 saturated carbocycles. The van der Waals surface area contributed by atoms with Crippen molar-refractivity contribution in [3.8, 4) is 5.69 Å². The fourth-order valence-corrected chi connectivity index (χ4v) is 3.89. The highest BCUT2D eigenvalue weighted by Gasteiger charge is 2.12. The Bertz CT molecular complexity index is 968. The second kappa shape index (κ2) is 9.21. The molecule has 1 aromatic heterocycles. The van der Waals surface area contributed by atoms with Crippen LogP contribution in [-0.4, -0.2) is 27.0 Å². The Kier molecular flexibility index (Phi) is 6.70. The summed E-state index contributed by atoms with van der Waals surface area (Å²) in [5.74, 6) is 0.258. The third-order valence-corrected chi connectivity index (χ3v) is 5.69. The number of hydrogen-bond donors (Lipinski definition) is 1. The van der Waals surface area contributed by atoms with Crippen LogP contribution >= 0.6 is 27.7 Å². The molecule has 2 aromatic carbocycles. The Morgan fingerprint density at radius 3 is 2.46 bits per heavy atom. The van der Waals surface area contributed by atoms with Crippen molar-refractivity contribution < 1.29 is 9.59 Å². The summed E-state index contributed by atoms with van der Waals surface area (Å²) in [6.07, 6.45) is 3.61. The van der Waals surface area contributed by atoms with E-state index in [2.05, 4.69) is 26.2 Å². The Morgan fingerprint density at radius 2 is 1.82 bits per heavy atom. The molecule has 5 nitrogen and oxygen atoms in total. The number of imidazole rings is 1. The van der Waals surface area contributed by atoms with E-state index in [0.717, 1.165) is 20.9 Å². The largest absolute Gasteiger partial charge is 0.350 e. The minimum absolute atomic E-state index is 0.0362. The van der Waals surface area contributed by atoms with Gasteiger partial charge in [-0.2, -0.15) is 0 Å². The lowest BCUT2D eigenvalue weighted by molar-refractivity contribution is -0.119. The van der Waals surface area contributed by atoms with Crippen LogP contribution in [0.1, 0.15) is 35.8 Å². The average molecular weight is 458 g/mol. The zero-order valence-electron chi connectivity index (χ0n) is 15.6. The van der Waals surface area contributed by atoms with Crippen LogP contribution < -0.4 is 5.32 Å². The number of halogens is 1. The first-order valence-electron chi connectivity index (χ1n) is 8.76. The molecule has 0 spiro atoms. The topological polar surface area (TPSA) is 64.0 Å². The van der Waals surface area contributed by atoms with Crippen LogP contribution in [0.25, 0.3) is 5.69 Å². The van der Waals surface area contributed by atoms with Gasteiger partial charge in [0.15, 0.2) is 10.9 Å². The summed E-state index contributed by atoms with van der Waals surface area (Å²) in [5, 5.41) is 3.60. The zero-order valence-corrected chi connectivity index (χ0v) is 18.0. The van der Waals surface area contributed by atoms with Gasteiger partial charge in [0.05, 0.1) is 11.8 Å². The monoisotopic (exact) mass is 457 g/mol. The molecule has 1 heterocycles. The van der Waals surface area contributed by atoms with Gasteiger partial charge in [-0.3, -0.25) is 14.2 Å². The molecular formula is C21H20BrN3O2S. The lowest BCUT2D eigenvalue weighted by Crippen LogP contribution is -2.23. The van der Waals surface area contributed by atoms with Gasteiger partial charge in [-0.05, 0) is 36.8 Å². The molecule has 0 fully saturated rings. The van der Waals surface area contributed by atoms with Crippen LogP contribution in [0.3, 0.4) is 0 Å². The molecule has 144 valence electrons. The number of aromatic nitrogens is 2. The third-order valence-electron chi connectivity index (χ3n) is 4.20. The molecule has 0 radical (unpaired) electrons. The smallest absolute Gasteiger partial charge is 0.217 e. The maximum Gasteiger partial charge on any atom is 0.217 e. The number of carbonyl (C=O) groups excluding carboxylic acids is 2. The van der Waals surface area contributed by atoms with Crippen LogP contribution in [0.5, 0.6) is 0 Å². The van der Waals surface area contributed by atoms with E-state index in [0.29, 0.717) is 11.3 Å². The number of amides is 1. The molecule has 1 N–H and O–H groups in total. The molecule has 1 atom stereocenters. The van der Waals surface area contributed by atoms with Crippen LogP contribution in [0.15, 0.2) is 70.6 Å². The highest BCUT2D eigenvalue weighted by molar-refractivity contribution is 9.10. The summed E-state index contributed by atoms with van der Waals surface area (Å²) >= 11 is 4.84. The molecule has 0 bridgehead atoms. The fraction of sp³-hybridized carbons (Fsp3) is 0.190. The Balaban J connectivity index is 1.64. The maximum atomic E-state index is 12.6. The molecule has 3 rings (SSSR count). The Morgan fingerprint density at radius 1 is 1.14 bits per heavy atom. The van der Waals surface area contributed by atoms with Crippen molar-refractivity contribution in [2.45, 2.75) is 25.0 Å². The number of carbonyl (C=O) groups is 2. The third kappa shape index (κ3) is 5.11. The molecule has 7 heteroatoms. The number of hydrogen-bond acceptors (Lipinski definition) is 4. The Hall–Kier alpha value is -2.38. The van der Waals surface area contributed by atoms with Crippen molar-refractivity contribution in [3.63, 3.8) is 0 Å². The standard InChI is InChI=1S/C21H20BrN3O2S/c1-14(24-15(2)26)16-3-5-17(6-4-16)20(27)13-28-21-23-11-12-25(21)19-9-7-18(22)8-10-19/h3-12,14H,13H2,1-2H3,(H,24,26)/t14-/m0/s1. The summed E-state index contributed by atoms with van der Waals surface area (Å²) in [6, 6.07) is 15.2. The summed E-state index contributed by atoms with van der Waals surface area (Å²) < 4.78 is 2.97. The molecule has 0 aliphatic heterocycles. The highest BCUT2D eigenvalue weighted by Crippen LogP contribution is 2.23. The second-order valence-corrected chi connectivity index (χ2v) is 8.17. The van der Waals surface area contributed by atoms with Crippen molar-refractivity contribution in [1.29, 1.82) is 0 Å². The van der Waals surface area contributed by atoms with Crippen molar-refractivity contribution in [3.05, 3.63) is 76.5 Å². The van der Waals surface area contributed by atoms with Gasteiger partial charge < -0.3 is 5.32 Å². The van der Waals surface area contributed by atoms with Gasteiger partial charge in [-0.25, -0.2) is 4.98 Å². The zero-order chi connectivity index (χ0) is 20.1. The van der Waals surface area contributed by atoms with Gasteiger partial charge in [-0.15, -0.1) is 0 Å². The van der Waals surface area contributed by atoms with E-state index in [1.165, 1.54) is 18.7 Å². The molecular weight excluding hydrogens is 438 g/mol. The van der Waals surface area contributed by atoms with Gasteiger partial charge in [0.2, 0.25) is 5.91 Å². The van der Waals surface area contributed by atoms with Crippen LogP contribution in [0.2, 0.25) is 0 Å². The van der Waals surface area contributed by atoms with Crippen molar-refractivity contribution in [2.24, 2.45) is 0 Å². The second-order valence-electron chi connectivity index (χ2n) is 6.31. The van der Waals surface area contributed by atoms with Crippen molar-refractivity contribution in [1.82, 2.24) is 14.9 Å². The lowest BCUT2D eigenvalue weighted by atomic mass is 10.0. The van der Waals surface area contributed by atoms with Crippen LogP contribution in [0, 0.1) is 0 Å². The number of Topliss-reactive ketones (excluding diaryl/α,β-unsaturated/α-hetero) is 1. The maximum absolute atomic E-state index is 12.6. The van der Waals surface area contributed by atoms with E-state index >= 15 is 0 Å². The molecule has 0 unspecified atom stereocenters. The van der Waals surface area contributed by atoms with E-state index in [4.69, 9.17) is 0 Å². The summed E-state index contributed by atoms with van der Waals surface area (Å²) in [5.41, 5.74) is 2.60. The van der Waals surface area contributed by atoms with E-state index in [1.54, 1.807) is 18.3 Å². The van der Waals surface area contributed by atoms with E-state index in [9.17, 15) is 9.59 Å². The molecule has 0 aliphatic carbocycles. The summed E-state index contributed by atoms with van der Waals surface area (Å²) in [6.45, 7) is 3.40. The minimum atomic E-state index is -0.0885. The summed E-state index contributed by atoms with van der Waals surface area (Å²) in [7, 11) is 0. The first-order chi connectivity index (χ1) is 13.4. The van der Waals surface area contributed by atoms with Gasteiger partial charge in [0.25, 0.3) is 0 Å². The average Bonchev–Trinajstić information content (AvgIpc) is 3.15. The normalized spacial score (nSPS) is 11.8. The van der Waals surface area contributed by atoms with Crippen LogP contribution in [0.4, 0.5) is 0 Å². The first-order valence-corrected chi connectivity index (χ1v) is 10.5. The number of rotatable bonds is 7. The quantitative estimate of drug-likeness (QED) is 0.408.